The van der Waals surface area contributed by atoms with E-state index in [4.69, 9.17) is 0 Å². The third-order valence-corrected chi connectivity index (χ3v) is 3.87. The van der Waals surface area contributed by atoms with Gasteiger partial charge in [-0.15, -0.1) is 0 Å². The Morgan fingerprint density at radius 2 is 1.90 bits per heavy atom. The third-order valence-electron chi connectivity index (χ3n) is 3.87. The number of Topliss-reactive ketones (excluding diaryl/α,β-unsaturated/α-hetero) is 1. The number of nitrogens with zero attached hydrogens (tertiary/aromatic N) is 2. The number of benzene rings is 1. The number of likely N-dealkylation sites (N-methyl/N-ethyl adjacent to an activating group) is 1. The SMILES string of the molecule is CC(=O)[C@H]1CCCN1C(=O)[C@@H](c1ccccc1)N(C)C. The highest BCUT2D eigenvalue weighted by atomic mass is 16.2. The van der Waals surface area contributed by atoms with Gasteiger partial charge in [-0.2, -0.15) is 0 Å². The van der Waals surface area contributed by atoms with Gasteiger partial charge in [-0.25, -0.2) is 0 Å². The lowest BCUT2D eigenvalue weighted by Gasteiger charge is -2.31. The number of ketones is 1. The van der Waals surface area contributed by atoms with Crippen LogP contribution >= 0.6 is 0 Å². The van der Waals surface area contributed by atoms with E-state index in [2.05, 4.69) is 0 Å². The molecule has 108 valence electrons. The zero-order valence-corrected chi connectivity index (χ0v) is 12.4. The van der Waals surface area contributed by atoms with Crippen molar-refractivity contribution in [3.05, 3.63) is 35.9 Å². The van der Waals surface area contributed by atoms with Crippen LogP contribution in [0.2, 0.25) is 0 Å². The minimum Gasteiger partial charge on any atom is -0.331 e. The number of carbonyl (C=O) groups excluding carboxylic acids is 2. The molecular weight excluding hydrogens is 252 g/mol. The van der Waals surface area contributed by atoms with Gasteiger partial charge in [0.15, 0.2) is 5.78 Å². The van der Waals surface area contributed by atoms with Gasteiger partial charge in [-0.05, 0) is 39.4 Å². The molecule has 20 heavy (non-hydrogen) atoms. The standard InChI is InChI=1S/C16H22N2O2/c1-12(19)14-10-7-11-18(14)16(20)15(17(2)3)13-8-5-4-6-9-13/h4-6,8-9,14-15H,7,10-11H2,1-3H3/t14-,15-/m1/s1. The summed E-state index contributed by atoms with van der Waals surface area (Å²) in [6, 6.07) is 9.17. The average molecular weight is 274 g/mol. The Morgan fingerprint density at radius 3 is 2.45 bits per heavy atom. The molecule has 1 aliphatic rings. The number of hydrogen-bond acceptors (Lipinski definition) is 3. The zero-order chi connectivity index (χ0) is 14.7. The molecule has 0 saturated carbocycles. The van der Waals surface area contributed by atoms with Crippen LogP contribution in [-0.4, -0.2) is 48.2 Å². The van der Waals surface area contributed by atoms with E-state index in [1.165, 1.54) is 0 Å². The molecule has 0 radical (unpaired) electrons. The van der Waals surface area contributed by atoms with Crippen LogP contribution in [0.25, 0.3) is 0 Å². The molecule has 1 aromatic rings. The van der Waals surface area contributed by atoms with E-state index in [9.17, 15) is 9.59 Å². The smallest absolute Gasteiger partial charge is 0.245 e. The second-order valence-corrected chi connectivity index (χ2v) is 5.58. The predicted octanol–water partition coefficient (Wildman–Crippen LogP) is 1.87. The molecule has 4 nitrogen and oxygen atoms in total. The number of rotatable bonds is 4. The van der Waals surface area contributed by atoms with Crippen LogP contribution in [0.4, 0.5) is 0 Å². The molecule has 0 unspecified atom stereocenters. The molecule has 2 rings (SSSR count). The number of hydrogen-bond donors (Lipinski definition) is 0. The van der Waals surface area contributed by atoms with E-state index in [-0.39, 0.29) is 23.8 Å². The first-order valence-corrected chi connectivity index (χ1v) is 7.04. The Bertz CT molecular complexity index is 485. The second-order valence-electron chi connectivity index (χ2n) is 5.58. The Morgan fingerprint density at radius 1 is 1.25 bits per heavy atom. The maximum absolute atomic E-state index is 12.8. The minimum atomic E-state index is -0.323. The van der Waals surface area contributed by atoms with Gasteiger partial charge in [0.2, 0.25) is 5.91 Å². The van der Waals surface area contributed by atoms with Gasteiger partial charge in [0, 0.05) is 6.54 Å². The van der Waals surface area contributed by atoms with Crippen molar-refractivity contribution in [1.29, 1.82) is 0 Å². The van der Waals surface area contributed by atoms with Gasteiger partial charge < -0.3 is 4.90 Å². The maximum Gasteiger partial charge on any atom is 0.245 e. The fourth-order valence-corrected chi connectivity index (χ4v) is 2.91. The van der Waals surface area contributed by atoms with Crippen LogP contribution in [0.1, 0.15) is 31.4 Å². The molecule has 0 N–H and O–H groups in total. The van der Waals surface area contributed by atoms with E-state index in [0.717, 1.165) is 18.4 Å². The summed E-state index contributed by atoms with van der Waals surface area (Å²) in [5.74, 6) is 0.111. The van der Waals surface area contributed by atoms with Gasteiger partial charge in [0.05, 0.1) is 6.04 Å². The zero-order valence-electron chi connectivity index (χ0n) is 12.4. The first kappa shape index (κ1) is 14.7. The summed E-state index contributed by atoms with van der Waals surface area (Å²) in [6.07, 6.45) is 1.70. The predicted molar refractivity (Wildman–Crippen MR) is 78.3 cm³/mol. The van der Waals surface area contributed by atoms with Crippen molar-refractivity contribution >= 4 is 11.7 Å². The Kier molecular flexibility index (Phi) is 4.55. The van der Waals surface area contributed by atoms with E-state index >= 15 is 0 Å². The molecule has 1 aromatic carbocycles. The highest BCUT2D eigenvalue weighted by Crippen LogP contribution is 2.26. The fraction of sp³-hybridized carbons (Fsp3) is 0.500. The summed E-state index contributed by atoms with van der Waals surface area (Å²) in [4.78, 5) is 28.2. The molecule has 1 aliphatic heterocycles. The number of amides is 1. The van der Waals surface area contributed by atoms with Crippen molar-refractivity contribution in [2.75, 3.05) is 20.6 Å². The van der Waals surface area contributed by atoms with Crippen LogP contribution < -0.4 is 0 Å². The first-order chi connectivity index (χ1) is 9.52. The lowest BCUT2D eigenvalue weighted by Crippen LogP contribution is -2.45. The highest BCUT2D eigenvalue weighted by Gasteiger charge is 2.36. The first-order valence-electron chi connectivity index (χ1n) is 7.04. The van der Waals surface area contributed by atoms with Crippen molar-refractivity contribution in [2.45, 2.75) is 31.8 Å². The number of likely N-dealkylation sites (tertiary alicyclic amines) is 1. The quantitative estimate of drug-likeness (QED) is 0.841. The largest absolute Gasteiger partial charge is 0.331 e. The fourth-order valence-electron chi connectivity index (χ4n) is 2.91. The molecular formula is C16H22N2O2. The van der Waals surface area contributed by atoms with Crippen molar-refractivity contribution in [3.63, 3.8) is 0 Å². The molecule has 1 amide bonds. The van der Waals surface area contributed by atoms with E-state index in [1.54, 1.807) is 11.8 Å². The lowest BCUT2D eigenvalue weighted by molar-refractivity contribution is -0.141. The van der Waals surface area contributed by atoms with Gasteiger partial charge in [-0.3, -0.25) is 14.5 Å². The van der Waals surface area contributed by atoms with Gasteiger partial charge >= 0.3 is 0 Å². The van der Waals surface area contributed by atoms with Gasteiger partial charge in [-0.1, -0.05) is 30.3 Å². The molecule has 0 aromatic heterocycles. The van der Waals surface area contributed by atoms with Gasteiger partial charge in [0.1, 0.15) is 6.04 Å². The van der Waals surface area contributed by atoms with E-state index < -0.39 is 0 Å². The molecule has 1 fully saturated rings. The van der Waals surface area contributed by atoms with Crippen molar-refractivity contribution in [2.24, 2.45) is 0 Å². The topological polar surface area (TPSA) is 40.6 Å². The van der Waals surface area contributed by atoms with Crippen LogP contribution in [0.3, 0.4) is 0 Å². The molecule has 0 bridgehead atoms. The van der Waals surface area contributed by atoms with E-state index in [0.29, 0.717) is 6.54 Å². The number of carbonyl (C=O) groups is 2. The maximum atomic E-state index is 12.8. The van der Waals surface area contributed by atoms with Crippen LogP contribution in [0.15, 0.2) is 30.3 Å². The van der Waals surface area contributed by atoms with Crippen molar-refractivity contribution < 1.29 is 9.59 Å². The van der Waals surface area contributed by atoms with Crippen LogP contribution in [0.5, 0.6) is 0 Å². The molecule has 0 aliphatic carbocycles. The Hall–Kier alpha value is -1.68. The highest BCUT2D eigenvalue weighted by molar-refractivity contribution is 5.90. The lowest BCUT2D eigenvalue weighted by atomic mass is 10.0. The minimum absolute atomic E-state index is 0.0268. The van der Waals surface area contributed by atoms with Crippen molar-refractivity contribution in [3.8, 4) is 0 Å². The van der Waals surface area contributed by atoms with Crippen LogP contribution in [0, 0.1) is 0 Å². The molecule has 4 heteroatoms. The average Bonchev–Trinajstić information content (AvgIpc) is 2.89. The molecule has 0 spiro atoms. The van der Waals surface area contributed by atoms with Crippen LogP contribution in [-0.2, 0) is 9.59 Å². The summed E-state index contributed by atoms with van der Waals surface area (Å²) in [5, 5.41) is 0. The van der Waals surface area contributed by atoms with Gasteiger partial charge in [0.25, 0.3) is 0 Å². The Labute approximate surface area is 120 Å². The molecule has 2 atom stereocenters. The summed E-state index contributed by atoms with van der Waals surface area (Å²) >= 11 is 0. The summed E-state index contributed by atoms with van der Waals surface area (Å²) < 4.78 is 0. The second kappa shape index (κ2) is 6.18. The molecule has 1 saturated heterocycles. The summed E-state index contributed by atoms with van der Waals surface area (Å²) in [5.41, 5.74) is 0.969. The normalized spacial score (nSPS) is 20.2. The monoisotopic (exact) mass is 274 g/mol. The summed E-state index contributed by atoms with van der Waals surface area (Å²) in [6.45, 7) is 2.25. The third kappa shape index (κ3) is 2.90. The van der Waals surface area contributed by atoms with E-state index in [1.807, 2.05) is 49.3 Å². The molecule has 1 heterocycles. The summed E-state index contributed by atoms with van der Waals surface area (Å²) in [7, 11) is 3.79. The van der Waals surface area contributed by atoms with Crippen molar-refractivity contribution in [1.82, 2.24) is 9.80 Å². The Balaban J connectivity index is 2.26.